The summed E-state index contributed by atoms with van der Waals surface area (Å²) in [5.41, 5.74) is 7.08. The molecule has 2 amide bonds. The lowest BCUT2D eigenvalue weighted by Gasteiger charge is -2.02. The summed E-state index contributed by atoms with van der Waals surface area (Å²) >= 11 is 0. The van der Waals surface area contributed by atoms with E-state index in [0.717, 1.165) is 0 Å². The first kappa shape index (κ1) is 10.1. The minimum atomic E-state index is -0.668. The summed E-state index contributed by atoms with van der Waals surface area (Å²) in [5.74, 6) is -1.18. The summed E-state index contributed by atoms with van der Waals surface area (Å²) in [6.45, 7) is -0.371. The van der Waals surface area contributed by atoms with Gasteiger partial charge >= 0.3 is 0 Å². The van der Waals surface area contributed by atoms with Crippen LogP contribution in [0.4, 0.5) is 0 Å². The third kappa shape index (κ3) is 3.15. The Kier molecular flexibility index (Phi) is 3.50. The van der Waals surface area contributed by atoms with E-state index in [-0.39, 0.29) is 12.2 Å². The smallest absolute Gasteiger partial charge is 0.276 e. The van der Waals surface area contributed by atoms with Gasteiger partial charge in [-0.15, -0.1) is 0 Å². The molecule has 0 aromatic carbocycles. The van der Waals surface area contributed by atoms with Gasteiger partial charge in [-0.2, -0.15) is 10.2 Å². The maximum absolute atomic E-state index is 11.2. The van der Waals surface area contributed by atoms with Crippen LogP contribution < -0.4 is 11.2 Å². The van der Waals surface area contributed by atoms with Crippen molar-refractivity contribution < 1.29 is 14.4 Å². The number of nitrogens with zero attached hydrogens (tertiary/aromatic N) is 2. The van der Waals surface area contributed by atoms with Crippen LogP contribution in [-0.2, 0) is 9.63 Å². The second-order valence-electron chi connectivity index (χ2n) is 2.32. The molecule has 0 spiro atoms. The molecule has 0 radical (unpaired) electrons. The van der Waals surface area contributed by atoms with Crippen molar-refractivity contribution in [1.29, 1.82) is 0 Å². The third-order valence-electron chi connectivity index (χ3n) is 1.23. The van der Waals surface area contributed by atoms with Crippen molar-refractivity contribution in [2.45, 2.75) is 0 Å². The number of hydrogen-bond acceptors (Lipinski definition) is 5. The van der Waals surface area contributed by atoms with Gasteiger partial charge in [-0.1, -0.05) is 0 Å². The number of nitrogens with one attached hydrogen (secondary N) is 1. The van der Waals surface area contributed by atoms with Gasteiger partial charge < -0.3 is 5.73 Å². The summed E-state index contributed by atoms with van der Waals surface area (Å²) in [5, 5.41) is 6.98. The Morgan fingerprint density at radius 1 is 1.50 bits per heavy atom. The summed E-state index contributed by atoms with van der Waals surface area (Å²) < 4.78 is 0. The van der Waals surface area contributed by atoms with Gasteiger partial charge in [0.2, 0.25) is 5.91 Å². The van der Waals surface area contributed by atoms with Crippen molar-refractivity contribution in [3.05, 3.63) is 24.0 Å². The highest BCUT2D eigenvalue weighted by atomic mass is 16.7. The van der Waals surface area contributed by atoms with E-state index in [1.807, 2.05) is 5.48 Å². The molecular weight excluding hydrogens is 188 g/mol. The van der Waals surface area contributed by atoms with E-state index in [4.69, 9.17) is 5.73 Å². The SMILES string of the molecule is NC(=O)CONC(=O)c1ccnnc1. The zero-order valence-corrected chi connectivity index (χ0v) is 7.14. The van der Waals surface area contributed by atoms with Gasteiger partial charge in [0.15, 0.2) is 6.61 Å². The van der Waals surface area contributed by atoms with Crippen molar-refractivity contribution in [2.24, 2.45) is 5.73 Å². The molecule has 0 fully saturated rings. The normalized spacial score (nSPS) is 9.43. The molecule has 0 aliphatic carbocycles. The van der Waals surface area contributed by atoms with E-state index in [1.165, 1.54) is 18.5 Å². The number of carbonyl (C=O) groups excluding carboxylic acids is 2. The van der Waals surface area contributed by atoms with Crippen LogP contribution in [0, 0.1) is 0 Å². The van der Waals surface area contributed by atoms with Crippen LogP contribution >= 0.6 is 0 Å². The van der Waals surface area contributed by atoms with Crippen molar-refractivity contribution in [3.8, 4) is 0 Å². The van der Waals surface area contributed by atoms with Crippen LogP contribution in [0.1, 0.15) is 10.4 Å². The molecular formula is C7H8N4O3. The molecule has 0 unspecified atom stereocenters. The number of aromatic nitrogens is 2. The molecule has 1 aromatic heterocycles. The zero-order valence-electron chi connectivity index (χ0n) is 7.14. The monoisotopic (exact) mass is 196 g/mol. The highest BCUT2D eigenvalue weighted by Gasteiger charge is 2.05. The Bertz CT molecular complexity index is 327. The fraction of sp³-hybridized carbons (Fsp3) is 0.143. The number of nitrogens with two attached hydrogens (primary N) is 1. The largest absolute Gasteiger partial charge is 0.368 e. The van der Waals surface area contributed by atoms with Crippen LogP contribution in [0.15, 0.2) is 18.5 Å². The first-order chi connectivity index (χ1) is 6.70. The quantitative estimate of drug-likeness (QED) is 0.577. The Balaban J connectivity index is 2.40. The molecule has 0 bridgehead atoms. The van der Waals surface area contributed by atoms with Gasteiger partial charge in [0.05, 0.1) is 18.0 Å². The van der Waals surface area contributed by atoms with Gasteiger partial charge in [-0.25, -0.2) is 5.48 Å². The molecule has 1 aromatic rings. The molecule has 3 N–H and O–H groups in total. The van der Waals surface area contributed by atoms with E-state index < -0.39 is 11.8 Å². The minimum absolute atomic E-state index is 0.282. The van der Waals surface area contributed by atoms with Gasteiger partial charge in [0, 0.05) is 0 Å². The Hall–Kier alpha value is -2.02. The number of hydroxylamine groups is 1. The Morgan fingerprint density at radius 2 is 2.29 bits per heavy atom. The average Bonchev–Trinajstić information content (AvgIpc) is 2.18. The molecule has 0 atom stereocenters. The van der Waals surface area contributed by atoms with Crippen LogP contribution in [0.25, 0.3) is 0 Å². The van der Waals surface area contributed by atoms with Crippen LogP contribution in [0.5, 0.6) is 0 Å². The van der Waals surface area contributed by atoms with E-state index in [0.29, 0.717) is 0 Å². The minimum Gasteiger partial charge on any atom is -0.368 e. The highest BCUT2D eigenvalue weighted by Crippen LogP contribution is 1.92. The molecule has 1 heterocycles. The van der Waals surface area contributed by atoms with Crippen LogP contribution in [0.3, 0.4) is 0 Å². The number of hydrogen-bond donors (Lipinski definition) is 2. The predicted molar refractivity (Wildman–Crippen MR) is 44.6 cm³/mol. The van der Waals surface area contributed by atoms with Crippen LogP contribution in [-0.4, -0.2) is 28.6 Å². The zero-order chi connectivity index (χ0) is 10.4. The van der Waals surface area contributed by atoms with Crippen molar-refractivity contribution in [2.75, 3.05) is 6.61 Å². The standard InChI is InChI=1S/C7H8N4O3/c8-6(12)4-14-11-7(13)5-1-2-9-10-3-5/h1-3H,4H2,(H2,8,12)(H,11,13). The Morgan fingerprint density at radius 3 is 2.86 bits per heavy atom. The summed E-state index contributed by atoms with van der Waals surface area (Å²) in [6, 6.07) is 1.45. The number of amides is 2. The first-order valence-electron chi connectivity index (χ1n) is 3.67. The molecule has 14 heavy (non-hydrogen) atoms. The van der Waals surface area contributed by atoms with E-state index in [1.54, 1.807) is 0 Å². The molecule has 7 heteroatoms. The third-order valence-corrected chi connectivity index (χ3v) is 1.23. The van der Waals surface area contributed by atoms with Crippen molar-refractivity contribution in [3.63, 3.8) is 0 Å². The lowest BCUT2D eigenvalue weighted by molar-refractivity contribution is -0.124. The Labute approximate surface area is 79.2 Å². The lowest BCUT2D eigenvalue weighted by atomic mass is 10.3. The molecule has 0 saturated carbocycles. The molecule has 1 rings (SSSR count). The summed E-state index contributed by atoms with van der Waals surface area (Å²) in [6.07, 6.45) is 2.63. The number of carbonyl (C=O) groups is 2. The lowest BCUT2D eigenvalue weighted by Crippen LogP contribution is -2.29. The molecule has 74 valence electrons. The average molecular weight is 196 g/mol. The maximum Gasteiger partial charge on any atom is 0.276 e. The fourth-order valence-electron chi connectivity index (χ4n) is 0.657. The van der Waals surface area contributed by atoms with E-state index in [2.05, 4.69) is 15.0 Å². The van der Waals surface area contributed by atoms with Gasteiger partial charge in [0.1, 0.15) is 0 Å². The molecule has 0 aliphatic rings. The topological polar surface area (TPSA) is 107 Å². The van der Waals surface area contributed by atoms with E-state index >= 15 is 0 Å². The van der Waals surface area contributed by atoms with Crippen LogP contribution in [0.2, 0.25) is 0 Å². The van der Waals surface area contributed by atoms with Gasteiger partial charge in [-0.05, 0) is 6.07 Å². The summed E-state index contributed by atoms with van der Waals surface area (Å²) in [7, 11) is 0. The molecule has 0 aliphatic heterocycles. The van der Waals surface area contributed by atoms with Crippen molar-refractivity contribution >= 4 is 11.8 Å². The highest BCUT2D eigenvalue weighted by molar-refractivity contribution is 5.93. The molecule has 0 saturated heterocycles. The second-order valence-corrected chi connectivity index (χ2v) is 2.32. The second kappa shape index (κ2) is 4.87. The predicted octanol–water partition coefficient (Wildman–Crippen LogP) is -1.38. The summed E-state index contributed by atoms with van der Waals surface area (Å²) in [4.78, 5) is 25.9. The number of primary amides is 1. The molecule has 7 nitrogen and oxygen atoms in total. The first-order valence-corrected chi connectivity index (χ1v) is 3.67. The fourth-order valence-corrected chi connectivity index (χ4v) is 0.657. The van der Waals surface area contributed by atoms with E-state index in [9.17, 15) is 9.59 Å². The van der Waals surface area contributed by atoms with Gasteiger partial charge in [-0.3, -0.25) is 14.4 Å². The number of rotatable bonds is 4. The maximum atomic E-state index is 11.2. The van der Waals surface area contributed by atoms with Gasteiger partial charge in [0.25, 0.3) is 5.91 Å². The van der Waals surface area contributed by atoms with Crippen molar-refractivity contribution in [1.82, 2.24) is 15.7 Å².